The number of aliphatic imine (C=N–C) groups is 1. The van der Waals surface area contributed by atoms with Crippen LogP contribution in [0.25, 0.3) is 0 Å². The predicted octanol–water partition coefficient (Wildman–Crippen LogP) is 1.71. The first kappa shape index (κ1) is 20.8. The molecule has 31 heavy (non-hydrogen) atoms. The summed E-state index contributed by atoms with van der Waals surface area (Å²) >= 11 is 0. The Morgan fingerprint density at radius 2 is 2.10 bits per heavy atom. The molecule has 0 saturated carbocycles. The van der Waals surface area contributed by atoms with Gasteiger partial charge in [-0.3, -0.25) is 4.98 Å². The van der Waals surface area contributed by atoms with Crippen molar-refractivity contribution in [2.45, 2.75) is 39.6 Å². The molecule has 2 atom stereocenters. The topological polar surface area (TPSA) is 112 Å². The molecule has 10 heteroatoms. The number of ether oxygens (including phenoxy) is 1. The summed E-state index contributed by atoms with van der Waals surface area (Å²) in [6, 6.07) is 4.09. The minimum absolute atomic E-state index is 0.143. The van der Waals surface area contributed by atoms with Crippen molar-refractivity contribution >= 4 is 11.9 Å². The third-order valence-electron chi connectivity index (χ3n) is 5.32. The van der Waals surface area contributed by atoms with Gasteiger partial charge in [-0.2, -0.15) is 5.26 Å². The average molecular weight is 422 g/mol. The molecule has 0 radical (unpaired) electrons. The van der Waals surface area contributed by atoms with Crippen LogP contribution in [0, 0.1) is 17.2 Å². The van der Waals surface area contributed by atoms with Crippen LogP contribution in [0.2, 0.25) is 0 Å². The van der Waals surface area contributed by atoms with Gasteiger partial charge in [0.05, 0.1) is 18.0 Å². The summed E-state index contributed by atoms with van der Waals surface area (Å²) in [5.74, 6) is 2.33. The summed E-state index contributed by atoms with van der Waals surface area (Å²) in [4.78, 5) is 27.5. The number of nitrogens with zero attached hydrogens (tertiary/aromatic N) is 7. The highest BCUT2D eigenvalue weighted by Gasteiger charge is 2.31. The second-order valence-electron chi connectivity index (χ2n) is 7.95. The molecule has 10 nitrogen and oxygen atoms in total. The molecule has 0 aliphatic carbocycles. The zero-order valence-corrected chi connectivity index (χ0v) is 17.9. The van der Waals surface area contributed by atoms with E-state index < -0.39 is 0 Å². The molecule has 162 valence electrons. The number of pyridine rings is 1. The van der Waals surface area contributed by atoms with Gasteiger partial charge in [-0.25, -0.2) is 25.3 Å². The lowest BCUT2D eigenvalue weighted by Gasteiger charge is -2.40. The number of guanidine groups is 1. The molecule has 0 bridgehead atoms. The van der Waals surface area contributed by atoms with Gasteiger partial charge in [0.25, 0.3) is 0 Å². The summed E-state index contributed by atoms with van der Waals surface area (Å²) in [6.45, 7) is 8.94. The van der Waals surface area contributed by atoms with Gasteiger partial charge in [0.15, 0.2) is 12.0 Å². The number of hydrogen-bond donors (Lipinski definition) is 1. The maximum Gasteiger partial charge on any atom is 0.225 e. The Hall–Kier alpha value is -3.45. The van der Waals surface area contributed by atoms with Crippen LogP contribution < -0.4 is 15.1 Å². The zero-order valence-electron chi connectivity index (χ0n) is 17.9. The van der Waals surface area contributed by atoms with Gasteiger partial charge >= 0.3 is 0 Å². The van der Waals surface area contributed by atoms with Crippen molar-refractivity contribution in [3.8, 4) is 11.8 Å². The van der Waals surface area contributed by atoms with Crippen molar-refractivity contribution < 1.29 is 9.57 Å². The first-order chi connectivity index (χ1) is 15.0. The van der Waals surface area contributed by atoms with E-state index in [1.54, 1.807) is 24.7 Å². The van der Waals surface area contributed by atoms with E-state index in [9.17, 15) is 0 Å². The Kier molecular flexibility index (Phi) is 6.13. The Balaban J connectivity index is 1.34. The Morgan fingerprint density at radius 3 is 2.77 bits per heavy atom. The number of nitrogens with one attached hydrogen (secondary N) is 1. The van der Waals surface area contributed by atoms with E-state index in [2.05, 4.69) is 62.1 Å². The molecule has 0 amide bonds. The van der Waals surface area contributed by atoms with Gasteiger partial charge < -0.3 is 14.5 Å². The summed E-state index contributed by atoms with van der Waals surface area (Å²) < 4.78 is 5.75. The first-order valence-electron chi connectivity index (χ1n) is 10.3. The number of anilines is 1. The third-order valence-corrected chi connectivity index (χ3v) is 5.32. The van der Waals surface area contributed by atoms with Crippen LogP contribution in [-0.2, 0) is 11.4 Å². The molecule has 2 aromatic heterocycles. The highest BCUT2D eigenvalue weighted by Crippen LogP contribution is 2.20. The second kappa shape index (κ2) is 9.14. The van der Waals surface area contributed by atoms with E-state index in [4.69, 9.17) is 14.8 Å². The Labute approximate surface area is 181 Å². The van der Waals surface area contributed by atoms with E-state index in [1.165, 1.54) is 6.20 Å². The summed E-state index contributed by atoms with van der Waals surface area (Å²) in [5.41, 5.74) is 4.24. The lowest BCUT2D eigenvalue weighted by molar-refractivity contribution is 0.00784. The summed E-state index contributed by atoms with van der Waals surface area (Å²) in [5, 5.41) is 9.15. The highest BCUT2D eigenvalue weighted by atomic mass is 16.7. The van der Waals surface area contributed by atoms with Crippen molar-refractivity contribution in [3.05, 3.63) is 42.0 Å². The van der Waals surface area contributed by atoms with Crippen LogP contribution in [0.5, 0.6) is 5.75 Å². The molecular formula is C21H26N8O2. The molecule has 0 aromatic carbocycles. The maximum absolute atomic E-state index is 9.15. The van der Waals surface area contributed by atoms with Gasteiger partial charge in [0.2, 0.25) is 11.9 Å². The van der Waals surface area contributed by atoms with Gasteiger partial charge in [0, 0.05) is 49.6 Å². The van der Waals surface area contributed by atoms with Gasteiger partial charge in [-0.1, -0.05) is 13.8 Å². The number of aromatic nitrogens is 3. The lowest BCUT2D eigenvalue weighted by Crippen LogP contribution is -2.56. The van der Waals surface area contributed by atoms with E-state index in [0.29, 0.717) is 23.2 Å². The first-order valence-corrected chi connectivity index (χ1v) is 10.3. The van der Waals surface area contributed by atoms with E-state index in [-0.39, 0.29) is 18.9 Å². The molecular weight excluding hydrogens is 396 g/mol. The summed E-state index contributed by atoms with van der Waals surface area (Å²) in [7, 11) is 0. The normalized spacial score (nSPS) is 20.9. The van der Waals surface area contributed by atoms with Crippen LogP contribution in [0.15, 0.2) is 35.8 Å². The molecule has 1 N–H and O–H groups in total. The number of hydrogen-bond acceptors (Lipinski definition) is 10. The molecule has 1 fully saturated rings. The Morgan fingerprint density at radius 1 is 1.29 bits per heavy atom. The van der Waals surface area contributed by atoms with E-state index >= 15 is 0 Å². The van der Waals surface area contributed by atoms with Gasteiger partial charge in [0.1, 0.15) is 12.7 Å². The minimum atomic E-state index is -0.143. The second-order valence-corrected chi connectivity index (χ2v) is 7.95. The SMILES string of the molecule is CC(C)C1N=C(N2CCN(c3ncc(OCc4ccncc4C#N)cn3)[C@H](C)C2)NO1. The van der Waals surface area contributed by atoms with E-state index in [1.807, 2.05) is 0 Å². The van der Waals surface area contributed by atoms with Crippen molar-refractivity contribution in [2.24, 2.45) is 10.9 Å². The van der Waals surface area contributed by atoms with Crippen LogP contribution in [0.3, 0.4) is 0 Å². The average Bonchev–Trinajstić information content (AvgIpc) is 3.29. The van der Waals surface area contributed by atoms with Crippen molar-refractivity contribution in [1.29, 1.82) is 5.26 Å². The smallest absolute Gasteiger partial charge is 0.225 e. The minimum Gasteiger partial charge on any atom is -0.486 e. The Bertz CT molecular complexity index is 972. The molecule has 2 aliphatic heterocycles. The fraction of sp³-hybridized carbons (Fsp3) is 0.476. The number of nitriles is 1. The molecule has 2 aliphatic rings. The molecule has 0 spiro atoms. The summed E-state index contributed by atoms with van der Waals surface area (Å²) in [6.07, 6.45) is 6.36. The van der Waals surface area contributed by atoms with Crippen molar-refractivity contribution in [3.63, 3.8) is 0 Å². The molecule has 2 aromatic rings. The largest absolute Gasteiger partial charge is 0.486 e. The van der Waals surface area contributed by atoms with E-state index in [0.717, 1.165) is 31.2 Å². The fourth-order valence-corrected chi connectivity index (χ4v) is 3.51. The van der Waals surface area contributed by atoms with Crippen molar-refractivity contribution in [2.75, 3.05) is 24.5 Å². The van der Waals surface area contributed by atoms with Crippen molar-refractivity contribution in [1.82, 2.24) is 25.3 Å². The zero-order chi connectivity index (χ0) is 21.8. The fourth-order valence-electron chi connectivity index (χ4n) is 3.51. The number of rotatable bonds is 5. The maximum atomic E-state index is 9.15. The molecule has 1 saturated heterocycles. The van der Waals surface area contributed by atoms with Gasteiger partial charge in [-0.05, 0) is 13.0 Å². The predicted molar refractivity (Wildman–Crippen MR) is 114 cm³/mol. The quantitative estimate of drug-likeness (QED) is 0.769. The van der Waals surface area contributed by atoms with Gasteiger partial charge in [-0.15, -0.1) is 0 Å². The molecule has 4 rings (SSSR count). The lowest BCUT2D eigenvalue weighted by atomic mass is 10.2. The van der Waals surface area contributed by atoms with Crippen LogP contribution in [0.4, 0.5) is 5.95 Å². The highest BCUT2D eigenvalue weighted by molar-refractivity contribution is 5.80. The molecule has 1 unspecified atom stereocenters. The van der Waals surface area contributed by atoms with Crippen LogP contribution in [-0.4, -0.2) is 57.7 Å². The number of hydroxylamine groups is 1. The van der Waals surface area contributed by atoms with Crippen LogP contribution in [0.1, 0.15) is 31.9 Å². The number of piperazine rings is 1. The van der Waals surface area contributed by atoms with Crippen LogP contribution >= 0.6 is 0 Å². The monoisotopic (exact) mass is 422 g/mol. The standard InChI is InChI=1S/C21H26N8O2/c1-14(2)19-26-21(27-31-19)28-6-7-29(15(3)12-28)20-24-10-18(11-25-20)30-13-16-4-5-23-9-17(16)8-22/h4-5,9-11,14-15,19H,6-7,12-13H2,1-3H3,(H,26,27)/t15-,19?/m1/s1. The third kappa shape index (κ3) is 4.67. The molecule has 4 heterocycles.